The molecule has 1 fully saturated rings. The molecule has 1 aliphatic rings. The molecular weight excluding hydrogens is 296 g/mol. The number of para-hydroxylation sites is 1. The number of carbonyl (C=O) groups is 1. The van der Waals surface area contributed by atoms with Crippen molar-refractivity contribution < 1.29 is 9.21 Å². The summed E-state index contributed by atoms with van der Waals surface area (Å²) in [6.45, 7) is 1.99. The molecule has 1 saturated heterocycles. The summed E-state index contributed by atoms with van der Waals surface area (Å²) in [6, 6.07) is 11.5. The summed E-state index contributed by atoms with van der Waals surface area (Å²) in [5.74, 6) is 0.607. The first-order chi connectivity index (χ1) is 10.7. The number of amides is 1. The number of furan rings is 1. The van der Waals surface area contributed by atoms with Crippen molar-refractivity contribution in [3.8, 4) is 0 Å². The van der Waals surface area contributed by atoms with Crippen molar-refractivity contribution >= 4 is 34.6 Å². The zero-order valence-electron chi connectivity index (χ0n) is 11.9. The third-order valence-electron chi connectivity index (χ3n) is 3.04. The van der Waals surface area contributed by atoms with Gasteiger partial charge in [0, 0.05) is 0 Å². The molecule has 2 heterocycles. The fourth-order valence-corrected chi connectivity index (χ4v) is 2.70. The van der Waals surface area contributed by atoms with Crippen molar-refractivity contribution in [1.82, 2.24) is 5.32 Å². The fraction of sp³-hybridized carbons (Fsp3) is 0.0588. The van der Waals surface area contributed by atoms with Gasteiger partial charge in [0.05, 0.1) is 16.9 Å². The summed E-state index contributed by atoms with van der Waals surface area (Å²) in [7, 11) is 0. The molecule has 1 N–H and O–H groups in total. The van der Waals surface area contributed by atoms with E-state index in [1.54, 1.807) is 24.5 Å². The predicted molar refractivity (Wildman–Crippen MR) is 89.8 cm³/mol. The summed E-state index contributed by atoms with van der Waals surface area (Å²) in [4.78, 5) is 17.0. The van der Waals surface area contributed by atoms with E-state index in [1.165, 1.54) is 11.8 Å². The van der Waals surface area contributed by atoms with Gasteiger partial charge in [-0.2, -0.15) is 0 Å². The monoisotopic (exact) mass is 310 g/mol. The average Bonchev–Trinajstić information content (AvgIpc) is 3.12. The molecule has 0 bridgehead atoms. The summed E-state index contributed by atoms with van der Waals surface area (Å²) >= 11 is 1.33. The molecule has 0 unspecified atom stereocenters. The van der Waals surface area contributed by atoms with Crippen LogP contribution in [0.15, 0.2) is 69.1 Å². The number of aryl methyl sites for hydroxylation is 1. The molecule has 22 heavy (non-hydrogen) atoms. The van der Waals surface area contributed by atoms with Crippen LogP contribution in [0.25, 0.3) is 6.08 Å². The molecule has 4 nitrogen and oxygen atoms in total. The molecule has 2 aromatic rings. The van der Waals surface area contributed by atoms with Gasteiger partial charge in [0.25, 0.3) is 5.91 Å². The number of nitrogens with zero attached hydrogens (tertiary/aromatic N) is 1. The van der Waals surface area contributed by atoms with Gasteiger partial charge in [-0.15, -0.1) is 0 Å². The van der Waals surface area contributed by atoms with Gasteiger partial charge in [-0.05, 0) is 54.6 Å². The molecule has 0 aliphatic carbocycles. The number of hydrogen-bond donors (Lipinski definition) is 1. The summed E-state index contributed by atoms with van der Waals surface area (Å²) in [5, 5.41) is 3.37. The molecule has 1 aliphatic heterocycles. The van der Waals surface area contributed by atoms with Gasteiger partial charge in [-0.1, -0.05) is 24.3 Å². The molecule has 0 radical (unpaired) electrons. The first kappa shape index (κ1) is 14.4. The molecule has 5 heteroatoms. The highest BCUT2D eigenvalue weighted by molar-refractivity contribution is 8.18. The second-order valence-corrected chi connectivity index (χ2v) is 5.70. The number of nitrogens with one attached hydrogen (secondary N) is 1. The number of thioether (sulfide) groups is 1. The summed E-state index contributed by atoms with van der Waals surface area (Å²) in [5.41, 5.74) is 1.93. The van der Waals surface area contributed by atoms with Gasteiger partial charge < -0.3 is 9.73 Å². The van der Waals surface area contributed by atoms with E-state index in [4.69, 9.17) is 4.42 Å². The van der Waals surface area contributed by atoms with Crippen molar-refractivity contribution in [3.63, 3.8) is 0 Å². The van der Waals surface area contributed by atoms with E-state index >= 15 is 0 Å². The van der Waals surface area contributed by atoms with E-state index < -0.39 is 0 Å². The first-order valence-electron chi connectivity index (χ1n) is 6.78. The molecule has 0 atom stereocenters. The van der Waals surface area contributed by atoms with Crippen LogP contribution in [0, 0.1) is 6.92 Å². The highest BCUT2D eigenvalue weighted by Crippen LogP contribution is 2.27. The van der Waals surface area contributed by atoms with Crippen molar-refractivity contribution in [1.29, 1.82) is 0 Å². The summed E-state index contributed by atoms with van der Waals surface area (Å²) < 4.78 is 5.19. The van der Waals surface area contributed by atoms with Crippen LogP contribution in [0.1, 0.15) is 11.3 Å². The highest BCUT2D eigenvalue weighted by atomic mass is 32.2. The average molecular weight is 310 g/mol. The lowest BCUT2D eigenvalue weighted by molar-refractivity contribution is -0.115. The third kappa shape index (κ3) is 3.38. The zero-order valence-corrected chi connectivity index (χ0v) is 12.8. The van der Waals surface area contributed by atoms with Crippen LogP contribution < -0.4 is 5.32 Å². The highest BCUT2D eigenvalue weighted by Gasteiger charge is 2.23. The number of rotatable bonds is 3. The van der Waals surface area contributed by atoms with Crippen LogP contribution in [0.3, 0.4) is 0 Å². The van der Waals surface area contributed by atoms with Crippen LogP contribution in [0.5, 0.6) is 0 Å². The molecule has 1 aromatic heterocycles. The Morgan fingerprint density at radius 3 is 2.86 bits per heavy atom. The largest absolute Gasteiger partial charge is 0.465 e. The van der Waals surface area contributed by atoms with Crippen LogP contribution in [0.4, 0.5) is 5.69 Å². The maximum Gasteiger partial charge on any atom is 0.264 e. The smallest absolute Gasteiger partial charge is 0.264 e. The van der Waals surface area contributed by atoms with Gasteiger partial charge in [-0.3, -0.25) is 4.79 Å². The van der Waals surface area contributed by atoms with E-state index in [1.807, 2.05) is 43.3 Å². The van der Waals surface area contributed by atoms with Gasteiger partial charge in [0.2, 0.25) is 0 Å². The van der Waals surface area contributed by atoms with E-state index in [2.05, 4.69) is 10.3 Å². The summed E-state index contributed by atoms with van der Waals surface area (Å²) in [6.07, 6.45) is 6.95. The van der Waals surface area contributed by atoms with Gasteiger partial charge >= 0.3 is 0 Å². The van der Waals surface area contributed by atoms with Gasteiger partial charge in [0.1, 0.15) is 5.76 Å². The van der Waals surface area contributed by atoms with Crippen LogP contribution in [-0.2, 0) is 4.79 Å². The first-order valence-corrected chi connectivity index (χ1v) is 7.59. The van der Waals surface area contributed by atoms with Crippen LogP contribution in [0.2, 0.25) is 0 Å². The number of carbonyl (C=O) groups excluding carboxylic acids is 1. The molecule has 110 valence electrons. The van der Waals surface area contributed by atoms with E-state index in [9.17, 15) is 4.79 Å². The van der Waals surface area contributed by atoms with E-state index in [0.717, 1.165) is 17.0 Å². The Bertz CT molecular complexity index is 774. The van der Waals surface area contributed by atoms with Crippen molar-refractivity contribution in [3.05, 3.63) is 71.0 Å². The Kier molecular flexibility index (Phi) is 4.25. The zero-order chi connectivity index (χ0) is 15.4. The molecule has 0 saturated carbocycles. The number of hydrogen-bond acceptors (Lipinski definition) is 4. The molecular formula is C17H14N2O2S. The Labute approximate surface area is 132 Å². The molecule has 1 aromatic carbocycles. The number of benzene rings is 1. The Balaban J connectivity index is 1.74. The normalized spacial score (nSPS) is 18.5. The van der Waals surface area contributed by atoms with Crippen LogP contribution >= 0.6 is 11.8 Å². The minimum atomic E-state index is -0.138. The lowest BCUT2D eigenvalue weighted by Crippen LogP contribution is -2.19. The van der Waals surface area contributed by atoms with Crippen LogP contribution in [-0.4, -0.2) is 11.1 Å². The van der Waals surface area contributed by atoms with E-state index in [-0.39, 0.29) is 5.91 Å². The maximum absolute atomic E-state index is 11.9. The Hall–Kier alpha value is -2.53. The molecule has 1 amide bonds. The molecule has 0 spiro atoms. The van der Waals surface area contributed by atoms with Crippen molar-refractivity contribution in [2.45, 2.75) is 6.92 Å². The fourth-order valence-electron chi connectivity index (χ4n) is 1.91. The minimum Gasteiger partial charge on any atom is -0.465 e. The van der Waals surface area contributed by atoms with Crippen molar-refractivity contribution in [2.75, 3.05) is 0 Å². The van der Waals surface area contributed by atoms with Crippen molar-refractivity contribution in [2.24, 2.45) is 4.99 Å². The standard InChI is InChI=1S/C17H14N2O2S/c1-12-6-2-3-9-14(12)18-17-19-16(20)15(22-17)10-4-7-13-8-5-11-21-13/h2-11H,1H3,(H,18,19,20)/b7-4+,15-10+. The predicted octanol–water partition coefficient (Wildman–Crippen LogP) is 4.04. The molecule has 3 rings (SSSR count). The Morgan fingerprint density at radius 1 is 1.23 bits per heavy atom. The quantitative estimate of drug-likeness (QED) is 0.871. The second kappa shape index (κ2) is 6.49. The minimum absolute atomic E-state index is 0.138. The number of allylic oxidation sites excluding steroid dienone is 2. The van der Waals surface area contributed by atoms with Gasteiger partial charge in [-0.25, -0.2) is 4.99 Å². The lowest BCUT2D eigenvalue weighted by Gasteiger charge is -1.99. The third-order valence-corrected chi connectivity index (χ3v) is 3.97. The number of aliphatic imine (C=N–C) groups is 1. The SMILES string of the molecule is Cc1ccccc1N=C1NC(=O)/C(=C\C=C\c2ccco2)S1. The second-order valence-electron chi connectivity index (χ2n) is 4.67. The van der Waals surface area contributed by atoms with E-state index in [0.29, 0.717) is 10.1 Å². The number of amidine groups is 1. The topological polar surface area (TPSA) is 54.6 Å². The van der Waals surface area contributed by atoms with Gasteiger partial charge in [0.15, 0.2) is 5.17 Å². The Morgan fingerprint density at radius 2 is 2.09 bits per heavy atom. The lowest BCUT2D eigenvalue weighted by atomic mass is 10.2. The maximum atomic E-state index is 11.9.